The average molecular weight is 264 g/mol. The van der Waals surface area contributed by atoms with Crippen LogP contribution in [0.15, 0.2) is 18.3 Å². The Morgan fingerprint density at radius 1 is 1.37 bits per heavy atom. The van der Waals surface area contributed by atoms with Gasteiger partial charge in [-0.25, -0.2) is 4.98 Å². The Morgan fingerprint density at radius 2 is 2.05 bits per heavy atom. The molecule has 1 amide bonds. The molecule has 2 rings (SSSR count). The van der Waals surface area contributed by atoms with Gasteiger partial charge in [-0.3, -0.25) is 9.59 Å². The molecule has 1 heterocycles. The summed E-state index contributed by atoms with van der Waals surface area (Å²) >= 11 is 0. The van der Waals surface area contributed by atoms with Gasteiger partial charge in [0.1, 0.15) is 0 Å². The number of aliphatic carboxylic acids is 1. The van der Waals surface area contributed by atoms with Crippen LogP contribution in [0.3, 0.4) is 0 Å². The fraction of sp³-hybridized carbons (Fsp3) is 0.462. The van der Waals surface area contributed by atoms with Gasteiger partial charge < -0.3 is 15.2 Å². The number of nitrogens with zero attached hydrogens (tertiary/aromatic N) is 1. The molecule has 0 bridgehead atoms. The molecule has 19 heavy (non-hydrogen) atoms. The minimum Gasteiger partial charge on any atom is -0.481 e. The van der Waals surface area contributed by atoms with Crippen LogP contribution in [0.1, 0.15) is 13.8 Å². The first-order valence-corrected chi connectivity index (χ1v) is 5.91. The van der Waals surface area contributed by atoms with Crippen molar-refractivity contribution in [2.45, 2.75) is 13.8 Å². The van der Waals surface area contributed by atoms with Crippen molar-refractivity contribution in [3.63, 3.8) is 0 Å². The zero-order valence-electron chi connectivity index (χ0n) is 11.0. The molecule has 0 radical (unpaired) electrons. The molecule has 1 saturated carbocycles. The van der Waals surface area contributed by atoms with E-state index in [1.807, 2.05) is 0 Å². The van der Waals surface area contributed by atoms with E-state index in [2.05, 4.69) is 10.3 Å². The van der Waals surface area contributed by atoms with Crippen molar-refractivity contribution in [3.8, 4) is 5.88 Å². The molecule has 0 aromatic carbocycles. The number of hydrogen-bond donors (Lipinski definition) is 2. The van der Waals surface area contributed by atoms with Gasteiger partial charge in [0.05, 0.1) is 30.8 Å². The van der Waals surface area contributed by atoms with Gasteiger partial charge in [-0.2, -0.15) is 0 Å². The summed E-state index contributed by atoms with van der Waals surface area (Å²) in [5, 5.41) is 11.7. The second-order valence-corrected chi connectivity index (χ2v) is 5.19. The number of carboxylic acids is 1. The number of carboxylic acid groups (broad SMARTS) is 1. The standard InChI is InChI=1S/C13H16N2O4/c1-13(2)9(10(13)12(17)18)11(16)15-7-4-5-8(19-3)14-6-7/h4-6,9-10H,1-3H3,(H,15,16)(H,17,18)/t9-,10-/m1/s1. The van der Waals surface area contributed by atoms with Crippen molar-refractivity contribution < 1.29 is 19.4 Å². The molecule has 0 spiro atoms. The van der Waals surface area contributed by atoms with E-state index in [9.17, 15) is 9.59 Å². The molecule has 102 valence electrons. The number of aromatic nitrogens is 1. The quantitative estimate of drug-likeness (QED) is 0.857. The second-order valence-electron chi connectivity index (χ2n) is 5.19. The topological polar surface area (TPSA) is 88.5 Å². The van der Waals surface area contributed by atoms with Gasteiger partial charge >= 0.3 is 5.97 Å². The fourth-order valence-corrected chi connectivity index (χ4v) is 2.38. The Hall–Kier alpha value is -2.11. The second kappa shape index (κ2) is 4.53. The number of pyridine rings is 1. The van der Waals surface area contributed by atoms with E-state index in [0.717, 1.165) is 0 Å². The van der Waals surface area contributed by atoms with Gasteiger partial charge in [0.25, 0.3) is 0 Å². The SMILES string of the molecule is COc1ccc(NC(=O)[C@H]2[C@H](C(=O)O)C2(C)C)cn1. The van der Waals surface area contributed by atoms with E-state index in [-0.39, 0.29) is 5.91 Å². The molecule has 2 N–H and O–H groups in total. The van der Waals surface area contributed by atoms with Crippen LogP contribution in [-0.4, -0.2) is 29.1 Å². The lowest BCUT2D eigenvalue weighted by Gasteiger charge is -2.06. The van der Waals surface area contributed by atoms with E-state index < -0.39 is 23.2 Å². The lowest BCUT2D eigenvalue weighted by Crippen LogP contribution is -2.17. The van der Waals surface area contributed by atoms with Crippen molar-refractivity contribution in [2.75, 3.05) is 12.4 Å². The molecule has 1 aliphatic rings. The Balaban J connectivity index is 2.04. The van der Waals surface area contributed by atoms with Crippen molar-refractivity contribution in [1.82, 2.24) is 4.98 Å². The highest BCUT2D eigenvalue weighted by atomic mass is 16.5. The van der Waals surface area contributed by atoms with Crippen LogP contribution in [0.4, 0.5) is 5.69 Å². The van der Waals surface area contributed by atoms with Gasteiger partial charge in [0.15, 0.2) is 0 Å². The van der Waals surface area contributed by atoms with Crippen molar-refractivity contribution in [3.05, 3.63) is 18.3 Å². The summed E-state index contributed by atoms with van der Waals surface area (Å²) in [6, 6.07) is 3.29. The van der Waals surface area contributed by atoms with E-state index >= 15 is 0 Å². The van der Waals surface area contributed by atoms with Gasteiger partial charge in [0.2, 0.25) is 11.8 Å². The summed E-state index contributed by atoms with van der Waals surface area (Å²) in [6.07, 6.45) is 1.47. The predicted molar refractivity (Wildman–Crippen MR) is 67.8 cm³/mol. The molecule has 0 unspecified atom stereocenters. The normalized spacial score (nSPS) is 23.5. The maximum atomic E-state index is 12.0. The number of rotatable bonds is 4. The lowest BCUT2D eigenvalue weighted by molar-refractivity contribution is -0.140. The highest BCUT2D eigenvalue weighted by molar-refractivity contribution is 5.99. The number of methoxy groups -OCH3 is 1. The Kier molecular flexibility index (Phi) is 3.18. The number of nitrogens with one attached hydrogen (secondary N) is 1. The van der Waals surface area contributed by atoms with Crippen molar-refractivity contribution >= 4 is 17.6 Å². The largest absolute Gasteiger partial charge is 0.481 e. The monoisotopic (exact) mass is 264 g/mol. The summed E-state index contributed by atoms with van der Waals surface area (Å²) in [5.41, 5.74) is 0.0214. The number of carbonyl (C=O) groups excluding carboxylic acids is 1. The third-order valence-corrected chi connectivity index (χ3v) is 3.59. The molecule has 6 heteroatoms. The van der Waals surface area contributed by atoms with Crippen LogP contribution in [0.25, 0.3) is 0 Å². The summed E-state index contributed by atoms with van der Waals surface area (Å²) in [5.74, 6) is -1.90. The average Bonchev–Trinajstić information content (AvgIpc) is 2.93. The molecular formula is C13H16N2O4. The summed E-state index contributed by atoms with van der Waals surface area (Å²) in [6.45, 7) is 3.56. The van der Waals surface area contributed by atoms with Gasteiger partial charge in [-0.05, 0) is 11.5 Å². The van der Waals surface area contributed by atoms with Crippen LogP contribution in [0.5, 0.6) is 5.88 Å². The van der Waals surface area contributed by atoms with E-state index in [4.69, 9.17) is 9.84 Å². The molecular weight excluding hydrogens is 248 g/mol. The molecule has 2 atom stereocenters. The molecule has 1 aliphatic carbocycles. The number of anilines is 1. The first-order chi connectivity index (χ1) is 8.87. The van der Waals surface area contributed by atoms with Crippen molar-refractivity contribution in [1.29, 1.82) is 0 Å². The number of amides is 1. The third-order valence-electron chi connectivity index (χ3n) is 3.59. The molecule has 0 saturated heterocycles. The number of carbonyl (C=O) groups is 2. The third kappa shape index (κ3) is 2.38. The Morgan fingerprint density at radius 3 is 2.47 bits per heavy atom. The fourth-order valence-electron chi connectivity index (χ4n) is 2.38. The van der Waals surface area contributed by atoms with Crippen LogP contribution >= 0.6 is 0 Å². The lowest BCUT2D eigenvalue weighted by atomic mass is 10.1. The summed E-state index contributed by atoms with van der Waals surface area (Å²) in [4.78, 5) is 27.0. The smallest absolute Gasteiger partial charge is 0.307 e. The minimum atomic E-state index is -0.932. The number of ether oxygens (including phenoxy) is 1. The zero-order valence-corrected chi connectivity index (χ0v) is 11.0. The van der Waals surface area contributed by atoms with Gasteiger partial charge in [0, 0.05) is 6.07 Å². The summed E-state index contributed by atoms with van der Waals surface area (Å²) < 4.78 is 4.91. The molecule has 1 aromatic rings. The molecule has 0 aliphatic heterocycles. The molecule has 1 fully saturated rings. The van der Waals surface area contributed by atoms with E-state index in [1.165, 1.54) is 13.3 Å². The zero-order chi connectivity index (χ0) is 14.2. The Labute approximate surface area is 110 Å². The van der Waals surface area contributed by atoms with Crippen LogP contribution in [0, 0.1) is 17.3 Å². The maximum Gasteiger partial charge on any atom is 0.307 e. The van der Waals surface area contributed by atoms with Crippen LogP contribution in [0.2, 0.25) is 0 Å². The van der Waals surface area contributed by atoms with Crippen LogP contribution in [-0.2, 0) is 9.59 Å². The van der Waals surface area contributed by atoms with Gasteiger partial charge in [-0.15, -0.1) is 0 Å². The number of hydrogen-bond acceptors (Lipinski definition) is 4. The Bertz CT molecular complexity index is 510. The van der Waals surface area contributed by atoms with Crippen molar-refractivity contribution in [2.24, 2.45) is 17.3 Å². The maximum absolute atomic E-state index is 12.0. The highest BCUT2D eigenvalue weighted by Crippen LogP contribution is 2.58. The van der Waals surface area contributed by atoms with Crippen LogP contribution < -0.4 is 10.1 Å². The highest BCUT2D eigenvalue weighted by Gasteiger charge is 2.65. The molecule has 6 nitrogen and oxygen atoms in total. The van der Waals surface area contributed by atoms with E-state index in [1.54, 1.807) is 26.0 Å². The summed E-state index contributed by atoms with van der Waals surface area (Å²) in [7, 11) is 1.50. The predicted octanol–water partition coefficient (Wildman–Crippen LogP) is 1.39. The molecule has 1 aromatic heterocycles. The van der Waals surface area contributed by atoms with Gasteiger partial charge in [-0.1, -0.05) is 13.8 Å². The minimum absolute atomic E-state index is 0.288. The first kappa shape index (κ1) is 13.3. The first-order valence-electron chi connectivity index (χ1n) is 5.91. The van der Waals surface area contributed by atoms with E-state index in [0.29, 0.717) is 11.6 Å².